The Morgan fingerprint density at radius 1 is 1.19 bits per heavy atom. The fourth-order valence-corrected chi connectivity index (χ4v) is 4.06. The first-order chi connectivity index (χ1) is 12.4. The second-order valence-electron chi connectivity index (χ2n) is 7.17. The highest BCUT2D eigenvalue weighted by Gasteiger charge is 2.15. The molecule has 7 nitrogen and oxygen atoms in total. The minimum atomic E-state index is -3.11. The summed E-state index contributed by atoms with van der Waals surface area (Å²) < 4.78 is 24.6. The van der Waals surface area contributed by atoms with E-state index in [-0.39, 0.29) is 0 Å². The third-order valence-electron chi connectivity index (χ3n) is 4.82. The lowest BCUT2D eigenvalue weighted by Gasteiger charge is -2.30. The van der Waals surface area contributed by atoms with Crippen molar-refractivity contribution in [2.24, 2.45) is 10.9 Å². The largest absolute Gasteiger partial charge is 0.357 e. The van der Waals surface area contributed by atoms with Gasteiger partial charge in [-0.15, -0.1) is 0 Å². The Morgan fingerprint density at radius 2 is 1.88 bits per heavy atom. The number of sulfonamides is 1. The molecule has 1 rings (SSSR count). The molecule has 0 bridgehead atoms. The molecule has 0 aromatic carbocycles. The first kappa shape index (κ1) is 23.2. The van der Waals surface area contributed by atoms with E-state index < -0.39 is 10.0 Å². The number of likely N-dealkylation sites (tertiary alicyclic amines) is 1. The topological polar surface area (TPSA) is 77.0 Å². The molecule has 0 spiro atoms. The summed E-state index contributed by atoms with van der Waals surface area (Å²) in [6.07, 6.45) is 5.73. The minimum Gasteiger partial charge on any atom is -0.357 e. The second-order valence-corrected chi connectivity index (χ2v) is 9.16. The van der Waals surface area contributed by atoms with E-state index in [1.54, 1.807) is 0 Å². The van der Waals surface area contributed by atoms with Crippen molar-refractivity contribution < 1.29 is 8.42 Å². The summed E-state index contributed by atoms with van der Waals surface area (Å²) in [4.78, 5) is 7.11. The number of rotatable bonds is 11. The summed E-state index contributed by atoms with van der Waals surface area (Å²) in [5, 5.41) is 6.63. The van der Waals surface area contributed by atoms with Gasteiger partial charge in [0, 0.05) is 32.7 Å². The highest BCUT2D eigenvalue weighted by molar-refractivity contribution is 7.88. The van der Waals surface area contributed by atoms with Gasteiger partial charge in [0.1, 0.15) is 0 Å². The van der Waals surface area contributed by atoms with Crippen molar-refractivity contribution >= 4 is 16.0 Å². The van der Waals surface area contributed by atoms with Crippen molar-refractivity contribution in [1.29, 1.82) is 0 Å². The molecule has 0 aliphatic carbocycles. The van der Waals surface area contributed by atoms with Gasteiger partial charge in [0.15, 0.2) is 5.96 Å². The predicted molar refractivity (Wildman–Crippen MR) is 110 cm³/mol. The van der Waals surface area contributed by atoms with Crippen LogP contribution in [-0.2, 0) is 10.0 Å². The second kappa shape index (κ2) is 12.5. The van der Waals surface area contributed by atoms with Crippen molar-refractivity contribution in [2.45, 2.75) is 46.5 Å². The molecule has 1 saturated heterocycles. The van der Waals surface area contributed by atoms with Crippen LogP contribution in [0.2, 0.25) is 0 Å². The van der Waals surface area contributed by atoms with Gasteiger partial charge in [-0.1, -0.05) is 13.8 Å². The Morgan fingerprint density at radius 3 is 2.46 bits per heavy atom. The molecule has 1 aliphatic rings. The molecule has 1 fully saturated rings. The minimum absolute atomic E-state index is 0.510. The summed E-state index contributed by atoms with van der Waals surface area (Å²) in [5.41, 5.74) is 0. The number of nitrogens with zero attached hydrogens (tertiary/aromatic N) is 3. The molecule has 0 aromatic heterocycles. The summed E-state index contributed by atoms with van der Waals surface area (Å²) in [5.74, 6) is 1.70. The van der Waals surface area contributed by atoms with Crippen LogP contribution in [0.1, 0.15) is 46.5 Å². The van der Waals surface area contributed by atoms with Crippen LogP contribution in [0.3, 0.4) is 0 Å². The molecule has 0 saturated carbocycles. The highest BCUT2D eigenvalue weighted by Crippen LogP contribution is 2.15. The molecule has 8 heteroatoms. The first-order valence-electron chi connectivity index (χ1n) is 10.1. The average Bonchev–Trinajstić information content (AvgIpc) is 2.58. The Balaban J connectivity index is 2.25. The number of nitrogens with one attached hydrogen (secondary N) is 2. The van der Waals surface area contributed by atoms with Gasteiger partial charge in [0.2, 0.25) is 10.0 Å². The van der Waals surface area contributed by atoms with Gasteiger partial charge in [0.25, 0.3) is 0 Å². The van der Waals surface area contributed by atoms with Gasteiger partial charge >= 0.3 is 0 Å². The zero-order chi connectivity index (χ0) is 19.4. The lowest BCUT2D eigenvalue weighted by atomic mass is 9.99. The third-order valence-corrected chi connectivity index (χ3v) is 6.20. The van der Waals surface area contributed by atoms with Gasteiger partial charge in [-0.25, -0.2) is 12.7 Å². The maximum Gasteiger partial charge on any atom is 0.211 e. The molecule has 0 atom stereocenters. The van der Waals surface area contributed by atoms with Crippen molar-refractivity contribution in [3.63, 3.8) is 0 Å². The average molecular weight is 390 g/mol. The van der Waals surface area contributed by atoms with E-state index in [9.17, 15) is 8.42 Å². The van der Waals surface area contributed by atoms with Gasteiger partial charge in [-0.3, -0.25) is 4.99 Å². The predicted octanol–water partition coefficient (Wildman–Crippen LogP) is 1.34. The first-order valence-corrected chi connectivity index (χ1v) is 11.9. The van der Waals surface area contributed by atoms with Gasteiger partial charge < -0.3 is 15.5 Å². The Labute approximate surface area is 160 Å². The molecule has 154 valence electrons. The normalized spacial score (nSPS) is 17.7. The highest BCUT2D eigenvalue weighted by atomic mass is 32.2. The van der Waals surface area contributed by atoms with Crippen molar-refractivity contribution in [1.82, 2.24) is 19.8 Å². The van der Waals surface area contributed by atoms with E-state index in [0.29, 0.717) is 19.6 Å². The summed E-state index contributed by atoms with van der Waals surface area (Å²) in [7, 11) is -3.11. The molecule has 1 heterocycles. The zero-order valence-corrected chi connectivity index (χ0v) is 17.9. The van der Waals surface area contributed by atoms with E-state index in [0.717, 1.165) is 44.4 Å². The number of aliphatic imine (C=N–C) groups is 1. The molecule has 0 amide bonds. The monoisotopic (exact) mass is 389 g/mol. The maximum atomic E-state index is 11.6. The fraction of sp³-hybridized carbons (Fsp3) is 0.944. The molecule has 0 radical (unpaired) electrons. The van der Waals surface area contributed by atoms with Gasteiger partial charge in [-0.2, -0.15) is 0 Å². The SMILES string of the molecule is CCNC(=NCCCN(CC)S(C)(=O)=O)NCCCN1CCC(C)CC1. The summed E-state index contributed by atoms with van der Waals surface area (Å²) in [6.45, 7) is 13.2. The van der Waals surface area contributed by atoms with Crippen molar-refractivity contribution in [2.75, 3.05) is 58.6 Å². The van der Waals surface area contributed by atoms with Crippen LogP contribution >= 0.6 is 0 Å². The zero-order valence-electron chi connectivity index (χ0n) is 17.1. The van der Waals surface area contributed by atoms with Crippen LogP contribution in [0.25, 0.3) is 0 Å². The Bertz CT molecular complexity index is 502. The summed E-state index contributed by atoms with van der Waals surface area (Å²) in [6, 6.07) is 0. The third kappa shape index (κ3) is 9.73. The van der Waals surface area contributed by atoms with E-state index in [1.807, 2.05) is 6.92 Å². The number of piperidine rings is 1. The Kier molecular flexibility index (Phi) is 11.2. The van der Waals surface area contributed by atoms with Crippen LogP contribution in [0.5, 0.6) is 0 Å². The fourth-order valence-electron chi connectivity index (χ4n) is 3.13. The molecule has 1 aliphatic heterocycles. The van der Waals surface area contributed by atoms with Crippen LogP contribution in [0.4, 0.5) is 0 Å². The quantitative estimate of drug-likeness (QED) is 0.317. The smallest absolute Gasteiger partial charge is 0.211 e. The lowest BCUT2D eigenvalue weighted by Crippen LogP contribution is -2.40. The number of guanidine groups is 1. The Hall–Kier alpha value is -0.860. The molecular weight excluding hydrogens is 350 g/mol. The number of hydrogen-bond donors (Lipinski definition) is 2. The van der Waals surface area contributed by atoms with Crippen LogP contribution in [0, 0.1) is 5.92 Å². The van der Waals surface area contributed by atoms with Crippen LogP contribution < -0.4 is 10.6 Å². The van der Waals surface area contributed by atoms with Gasteiger partial charge in [-0.05, 0) is 58.2 Å². The maximum absolute atomic E-state index is 11.6. The van der Waals surface area contributed by atoms with Crippen molar-refractivity contribution in [3.8, 4) is 0 Å². The molecule has 26 heavy (non-hydrogen) atoms. The standard InChI is InChI=1S/C18H39N5O2S/c1-5-19-18(21-12-8-14-23(6-2)26(4,24)25)20-11-7-13-22-15-9-17(3)10-16-22/h17H,5-16H2,1-4H3,(H2,19,20,21). The molecule has 0 unspecified atom stereocenters. The number of hydrogen-bond acceptors (Lipinski definition) is 4. The van der Waals surface area contributed by atoms with E-state index in [4.69, 9.17) is 0 Å². The lowest BCUT2D eigenvalue weighted by molar-refractivity contribution is 0.191. The van der Waals surface area contributed by atoms with Gasteiger partial charge in [0.05, 0.1) is 6.26 Å². The van der Waals surface area contributed by atoms with Crippen LogP contribution in [-0.4, -0.2) is 82.2 Å². The molecular formula is C18H39N5O2S. The van der Waals surface area contributed by atoms with E-state index in [2.05, 4.69) is 34.4 Å². The van der Waals surface area contributed by atoms with Crippen molar-refractivity contribution in [3.05, 3.63) is 0 Å². The summed E-state index contributed by atoms with van der Waals surface area (Å²) >= 11 is 0. The molecule has 0 aromatic rings. The van der Waals surface area contributed by atoms with Crippen LogP contribution in [0.15, 0.2) is 4.99 Å². The van der Waals surface area contributed by atoms with E-state index in [1.165, 1.54) is 36.5 Å². The molecule has 2 N–H and O–H groups in total. The van der Waals surface area contributed by atoms with E-state index >= 15 is 0 Å².